The van der Waals surface area contributed by atoms with Crippen LogP contribution in [0.25, 0.3) is 22.4 Å². The number of aliphatic carboxylic acids is 1. The minimum atomic E-state index is -1.11. The van der Waals surface area contributed by atoms with Gasteiger partial charge in [-0.25, -0.2) is 14.8 Å². The first-order valence-corrected chi connectivity index (χ1v) is 21.4. The molecule has 0 radical (unpaired) electrons. The fraction of sp³-hybridized carbons (Fsp3) is 0.208. The predicted molar refractivity (Wildman–Crippen MR) is 239 cm³/mol. The molecule has 0 saturated carbocycles. The topological polar surface area (TPSA) is 210 Å². The Labute approximate surface area is 374 Å². The third kappa shape index (κ3) is 15.1. The zero-order chi connectivity index (χ0) is 44.8. The van der Waals surface area contributed by atoms with Gasteiger partial charge in [0.2, 0.25) is 11.8 Å². The van der Waals surface area contributed by atoms with Crippen LogP contribution in [0.5, 0.6) is 11.6 Å². The molecule has 5 N–H and O–H groups in total. The van der Waals surface area contributed by atoms with Crippen molar-refractivity contribution in [3.05, 3.63) is 156 Å². The van der Waals surface area contributed by atoms with Crippen LogP contribution < -0.4 is 30.8 Å². The van der Waals surface area contributed by atoms with Gasteiger partial charge in [0.15, 0.2) is 0 Å². The summed E-state index contributed by atoms with van der Waals surface area (Å²) in [6.07, 6.45) is 5.92. The fourth-order valence-corrected chi connectivity index (χ4v) is 6.84. The second kappa shape index (κ2) is 25.2. The molecule has 0 spiro atoms. The average molecular weight is 885 g/mol. The van der Waals surface area contributed by atoms with E-state index in [0.29, 0.717) is 72.5 Å². The van der Waals surface area contributed by atoms with E-state index in [1.54, 1.807) is 60.8 Å². The van der Waals surface area contributed by atoms with Gasteiger partial charge in [0.05, 0.1) is 42.7 Å². The molecular weight excluding hydrogens is 837 g/mol. The summed E-state index contributed by atoms with van der Waals surface area (Å²) in [5, 5.41) is 33.2. The number of quaternary nitrogens is 1. The fourth-order valence-electron chi connectivity index (χ4n) is 6.39. The molecule has 0 fully saturated rings. The van der Waals surface area contributed by atoms with E-state index in [1.165, 1.54) is 11.6 Å². The lowest BCUT2D eigenvalue weighted by Gasteiger charge is -2.15. The van der Waals surface area contributed by atoms with Gasteiger partial charge in [0.1, 0.15) is 11.8 Å². The maximum atomic E-state index is 12.7. The van der Waals surface area contributed by atoms with Crippen molar-refractivity contribution < 1.29 is 49.0 Å². The Morgan fingerprint density at radius 2 is 1.53 bits per heavy atom. The van der Waals surface area contributed by atoms with E-state index in [4.69, 9.17) is 14.5 Å². The number of hydrogen-bond donors (Lipinski definition) is 4. The van der Waals surface area contributed by atoms with Crippen LogP contribution in [0.3, 0.4) is 0 Å². The lowest BCUT2D eigenvalue weighted by atomic mass is 10.0. The molecule has 1 atom stereocenters. The number of carboxylic acid groups (broad SMARTS) is 1. The van der Waals surface area contributed by atoms with E-state index in [0.717, 1.165) is 46.4 Å². The van der Waals surface area contributed by atoms with Gasteiger partial charge in [0, 0.05) is 53.7 Å². The number of carbonyl (C=O) groups excluding carboxylic acids is 2. The van der Waals surface area contributed by atoms with Crippen LogP contribution in [0.2, 0.25) is 0 Å². The van der Waals surface area contributed by atoms with Gasteiger partial charge in [-0.1, -0.05) is 96.1 Å². The van der Waals surface area contributed by atoms with Gasteiger partial charge in [-0.15, -0.1) is 0 Å². The van der Waals surface area contributed by atoms with Crippen molar-refractivity contribution in [2.45, 2.75) is 49.5 Å². The number of carbonyl (C=O) groups is 3. The summed E-state index contributed by atoms with van der Waals surface area (Å²) < 4.78 is 16.3. The summed E-state index contributed by atoms with van der Waals surface area (Å²) in [5.41, 5.74) is 7.26. The highest BCUT2D eigenvalue weighted by molar-refractivity contribution is 7.94. The molecule has 16 heteroatoms. The van der Waals surface area contributed by atoms with Crippen molar-refractivity contribution in [2.24, 2.45) is 5.10 Å². The molecule has 2 aromatic heterocycles. The highest BCUT2D eigenvalue weighted by Crippen LogP contribution is 2.29. The Bertz CT molecular complexity index is 2370. The van der Waals surface area contributed by atoms with Gasteiger partial charge >= 0.3 is 5.97 Å². The molecule has 2 amide bonds. The Morgan fingerprint density at radius 3 is 2.27 bits per heavy atom. The number of unbranched alkanes of at least 4 members (excludes halogenated alkanes) is 2. The minimum absolute atomic E-state index is 0.118. The molecule has 0 aliphatic rings. The highest BCUT2D eigenvalue weighted by atomic mass is 32.2. The number of ether oxygens (including phenoxy) is 2. The third-order valence-corrected chi connectivity index (χ3v) is 10.4. The van der Waals surface area contributed by atoms with Crippen LogP contribution in [-0.2, 0) is 25.4 Å². The van der Waals surface area contributed by atoms with Gasteiger partial charge in [-0.3, -0.25) is 14.6 Å². The van der Waals surface area contributed by atoms with E-state index in [-0.39, 0.29) is 24.7 Å². The largest absolute Gasteiger partial charge is 0.691 e. The number of benzene rings is 4. The lowest BCUT2D eigenvalue weighted by Crippen LogP contribution is -2.71. The maximum Gasteiger partial charge on any atom is 0.326 e. The van der Waals surface area contributed by atoms with E-state index in [1.807, 2.05) is 72.8 Å². The zero-order valence-corrected chi connectivity index (χ0v) is 35.7. The summed E-state index contributed by atoms with van der Waals surface area (Å²) in [7, 11) is 0. The molecule has 330 valence electrons. The molecule has 6 rings (SSSR count). The summed E-state index contributed by atoms with van der Waals surface area (Å²) in [5.74, 6) is -0.0445. The Morgan fingerprint density at radius 1 is 0.797 bits per heavy atom. The van der Waals surface area contributed by atoms with Crippen LogP contribution in [-0.4, -0.2) is 64.9 Å². The van der Waals surface area contributed by atoms with E-state index >= 15 is 0 Å². The number of nitrogens with two attached hydrogens (primary N) is 1. The zero-order valence-electron chi connectivity index (χ0n) is 34.8. The van der Waals surface area contributed by atoms with Gasteiger partial charge in [-0.05, 0) is 72.7 Å². The molecule has 15 nitrogen and oxygen atoms in total. The van der Waals surface area contributed by atoms with Crippen molar-refractivity contribution in [3.63, 3.8) is 0 Å². The second-order valence-corrected chi connectivity index (χ2v) is 15.1. The van der Waals surface area contributed by atoms with Gasteiger partial charge < -0.3 is 30.5 Å². The number of amides is 2. The van der Waals surface area contributed by atoms with Crippen LogP contribution in [0, 0.1) is 0 Å². The summed E-state index contributed by atoms with van der Waals surface area (Å²) in [4.78, 5) is 47.1. The number of pyridine rings is 2. The smallest absolute Gasteiger partial charge is 0.326 e. The monoisotopic (exact) mass is 884 g/mol. The van der Waals surface area contributed by atoms with Crippen LogP contribution in [0.1, 0.15) is 53.6 Å². The molecule has 0 bridgehead atoms. The van der Waals surface area contributed by atoms with Gasteiger partial charge in [-0.2, -0.15) is 9.76 Å². The molecule has 4 aromatic carbocycles. The molecule has 6 aromatic rings. The number of hydrogen-bond acceptors (Lipinski definition) is 12. The van der Waals surface area contributed by atoms with Crippen molar-refractivity contribution in [1.82, 2.24) is 20.6 Å². The number of nitrogens with one attached hydrogen (secondary N) is 2. The molecule has 0 aliphatic heterocycles. The van der Waals surface area contributed by atoms with Crippen molar-refractivity contribution in [2.75, 3.05) is 19.8 Å². The predicted octanol–water partition coefficient (Wildman–Crippen LogP) is 6.22. The summed E-state index contributed by atoms with van der Waals surface area (Å²) in [6.45, 7) is 1.15. The molecular formula is C48H48N6O9S. The number of carboxylic acids is 1. The highest BCUT2D eigenvalue weighted by Gasteiger charge is 2.20. The quantitative estimate of drug-likeness (QED) is 0.0126. The number of nitrogens with zero attached hydrogens (tertiary/aromatic N) is 3. The van der Waals surface area contributed by atoms with E-state index < -0.39 is 12.0 Å². The summed E-state index contributed by atoms with van der Waals surface area (Å²) >= 11 is 0.775. The number of aromatic nitrogens is 2. The average Bonchev–Trinajstić information content (AvgIpc) is 3.33. The number of rotatable bonds is 25. The lowest BCUT2D eigenvalue weighted by molar-refractivity contribution is -0.777. The summed E-state index contributed by atoms with van der Waals surface area (Å²) in [6, 6.07) is 40.4. The molecule has 2 heterocycles. The maximum absolute atomic E-state index is 12.7. The second-order valence-electron chi connectivity index (χ2n) is 14.4. The van der Waals surface area contributed by atoms with Crippen LogP contribution in [0.4, 0.5) is 5.82 Å². The molecule has 0 aliphatic carbocycles. The first kappa shape index (κ1) is 46.6. The van der Waals surface area contributed by atoms with Crippen LogP contribution >= 0.6 is 12.0 Å². The minimum Gasteiger partial charge on any atom is -0.691 e. The standard InChI is InChI=1S/C48H48N6O9S/c55-45(19-8-3-11-27-61-46-31-39(35-13-4-1-5-14-35)30-41(53-46)36-15-6-2-7-16-36)52-42(48(57)58)29-34-20-23-40(24-21-34)60-28-12-26-49-47(56)38-22-25-44(50-32-38)54-51-33-37-17-9-10-18-43(37)64-63-62-59/h1-2,4-7,9-10,13-18,20-25,30-33,42,59H,3,8,11-12,19,26-29H2,(H,49,56)(H,50,54)(H,52,55)(H,57,58)/b51-33+. The Kier molecular flexibility index (Phi) is 18.4. The first-order chi connectivity index (χ1) is 31.3. The van der Waals surface area contributed by atoms with Gasteiger partial charge in [0.25, 0.3) is 11.7 Å². The van der Waals surface area contributed by atoms with E-state index in [9.17, 15) is 24.7 Å². The van der Waals surface area contributed by atoms with Crippen molar-refractivity contribution in [1.29, 1.82) is 0 Å². The normalized spacial score (nSPS) is 11.5. The van der Waals surface area contributed by atoms with Crippen LogP contribution in [0.15, 0.2) is 150 Å². The SMILES string of the molecule is O=C(CCCCCOc1cc(-c2ccccc2)cc(-c2ccccc2)n1)NC(Cc1ccc(OCCCNC(=O)c2ccc([NH2+]/N=C/c3ccccc3SOO[O-])nc2)cc1)C(=O)O. The van der Waals surface area contributed by atoms with Crippen molar-refractivity contribution >= 4 is 41.9 Å². The molecule has 64 heavy (non-hydrogen) atoms. The van der Waals surface area contributed by atoms with E-state index in [2.05, 4.69) is 36.2 Å². The first-order valence-electron chi connectivity index (χ1n) is 20.7. The molecule has 1 unspecified atom stereocenters. The Balaban J connectivity index is 0.851. The van der Waals surface area contributed by atoms with Crippen molar-refractivity contribution in [3.8, 4) is 34.0 Å². The molecule has 0 saturated heterocycles. The third-order valence-electron chi connectivity index (χ3n) is 9.69. The Hall–Kier alpha value is -6.95.